The van der Waals surface area contributed by atoms with E-state index in [0.717, 1.165) is 18.4 Å². The summed E-state index contributed by atoms with van der Waals surface area (Å²) in [7, 11) is 0. The van der Waals surface area contributed by atoms with Crippen LogP contribution in [0, 0.1) is 13.8 Å². The number of hydrogen-bond donors (Lipinski definition) is 1. The van der Waals surface area contributed by atoms with E-state index >= 15 is 0 Å². The molecule has 0 saturated carbocycles. The van der Waals surface area contributed by atoms with Crippen molar-refractivity contribution in [2.45, 2.75) is 32.7 Å². The first-order chi connectivity index (χ1) is 9.44. The minimum absolute atomic E-state index is 0.0508. The van der Waals surface area contributed by atoms with Gasteiger partial charge in [-0.25, -0.2) is 0 Å². The van der Waals surface area contributed by atoms with Gasteiger partial charge in [-0.15, -0.1) is 0 Å². The molecule has 0 saturated heterocycles. The summed E-state index contributed by atoms with van der Waals surface area (Å²) >= 11 is 12.1. The fourth-order valence-corrected chi connectivity index (χ4v) is 3.02. The molecule has 0 heterocycles. The molecule has 106 valence electrons. The molecule has 1 unspecified atom stereocenters. The third kappa shape index (κ3) is 4.24. The van der Waals surface area contributed by atoms with E-state index < -0.39 is 0 Å². The van der Waals surface area contributed by atoms with Gasteiger partial charge >= 0.3 is 0 Å². The molecule has 0 aromatic heterocycles. The van der Waals surface area contributed by atoms with Crippen LogP contribution in [0.1, 0.15) is 22.3 Å². The van der Waals surface area contributed by atoms with Gasteiger partial charge in [0.25, 0.3) is 0 Å². The van der Waals surface area contributed by atoms with Gasteiger partial charge in [-0.2, -0.15) is 0 Å². The maximum atomic E-state index is 6.25. The van der Waals surface area contributed by atoms with Crippen molar-refractivity contribution in [2.75, 3.05) is 0 Å². The molecule has 0 radical (unpaired) electrons. The Morgan fingerprint density at radius 1 is 0.950 bits per heavy atom. The van der Waals surface area contributed by atoms with Crippen molar-refractivity contribution in [3.8, 4) is 0 Å². The highest BCUT2D eigenvalue weighted by molar-refractivity contribution is 6.35. The molecule has 1 nitrogen and oxygen atoms in total. The van der Waals surface area contributed by atoms with Crippen LogP contribution < -0.4 is 5.73 Å². The molecule has 3 heteroatoms. The average Bonchev–Trinajstić information content (AvgIpc) is 2.31. The second kappa shape index (κ2) is 6.62. The van der Waals surface area contributed by atoms with E-state index in [1.165, 1.54) is 16.7 Å². The maximum Gasteiger partial charge on any atom is 0.0453 e. The van der Waals surface area contributed by atoms with Crippen molar-refractivity contribution in [3.63, 3.8) is 0 Å². The third-order valence-electron chi connectivity index (χ3n) is 3.28. The van der Waals surface area contributed by atoms with E-state index in [1.807, 2.05) is 12.1 Å². The Morgan fingerprint density at radius 2 is 1.60 bits per heavy atom. The standard InChI is InChI=1S/C17H19Cl2N/c1-11-5-12(2)7-13(6-11)8-16(20)9-14-3-4-15(18)10-17(14)19/h3-7,10,16H,8-9,20H2,1-2H3. The molecular formula is C17H19Cl2N. The van der Waals surface area contributed by atoms with Gasteiger partial charge in [0, 0.05) is 16.1 Å². The van der Waals surface area contributed by atoms with Crippen LogP contribution in [0.3, 0.4) is 0 Å². The van der Waals surface area contributed by atoms with Crippen LogP contribution in [-0.4, -0.2) is 6.04 Å². The molecule has 1 atom stereocenters. The van der Waals surface area contributed by atoms with Crippen LogP contribution in [0.25, 0.3) is 0 Å². The predicted octanol–water partition coefficient (Wildman–Crippen LogP) is 4.72. The van der Waals surface area contributed by atoms with Crippen LogP contribution >= 0.6 is 23.2 Å². The van der Waals surface area contributed by atoms with Crippen molar-refractivity contribution in [3.05, 3.63) is 68.7 Å². The predicted molar refractivity (Wildman–Crippen MR) is 87.8 cm³/mol. The topological polar surface area (TPSA) is 26.0 Å². The zero-order valence-corrected chi connectivity index (χ0v) is 13.3. The molecule has 2 aromatic rings. The van der Waals surface area contributed by atoms with Gasteiger partial charge in [0.15, 0.2) is 0 Å². The van der Waals surface area contributed by atoms with Crippen molar-refractivity contribution in [2.24, 2.45) is 5.73 Å². The van der Waals surface area contributed by atoms with Crippen LogP contribution in [0.4, 0.5) is 0 Å². The Hall–Kier alpha value is -1.02. The Kier molecular flexibility index (Phi) is 5.09. The SMILES string of the molecule is Cc1cc(C)cc(CC(N)Cc2ccc(Cl)cc2Cl)c1. The summed E-state index contributed by atoms with van der Waals surface area (Å²) in [5.41, 5.74) is 11.1. The minimum Gasteiger partial charge on any atom is -0.327 e. The monoisotopic (exact) mass is 307 g/mol. The van der Waals surface area contributed by atoms with Crippen LogP contribution in [-0.2, 0) is 12.8 Å². The first-order valence-corrected chi connectivity index (χ1v) is 7.46. The normalized spacial score (nSPS) is 12.4. The molecule has 0 amide bonds. The molecule has 0 aliphatic carbocycles. The fraction of sp³-hybridized carbons (Fsp3) is 0.294. The van der Waals surface area contributed by atoms with Crippen LogP contribution in [0.5, 0.6) is 0 Å². The Balaban J connectivity index is 2.06. The van der Waals surface area contributed by atoms with Gasteiger partial charge in [0.2, 0.25) is 0 Å². The number of aryl methyl sites for hydroxylation is 2. The number of halogens is 2. The summed E-state index contributed by atoms with van der Waals surface area (Å²) < 4.78 is 0. The van der Waals surface area contributed by atoms with Gasteiger partial charge in [-0.05, 0) is 49.9 Å². The lowest BCUT2D eigenvalue weighted by Gasteiger charge is -2.14. The van der Waals surface area contributed by atoms with Crippen LogP contribution in [0.15, 0.2) is 36.4 Å². The smallest absolute Gasteiger partial charge is 0.0453 e. The Labute approximate surface area is 130 Å². The maximum absolute atomic E-state index is 6.25. The first kappa shape index (κ1) is 15.4. The molecular weight excluding hydrogens is 289 g/mol. The second-order valence-corrected chi connectivity index (χ2v) is 6.24. The van der Waals surface area contributed by atoms with Gasteiger partial charge < -0.3 is 5.73 Å². The van der Waals surface area contributed by atoms with Gasteiger partial charge in [0.05, 0.1) is 0 Å². The van der Waals surface area contributed by atoms with E-state index in [4.69, 9.17) is 28.9 Å². The van der Waals surface area contributed by atoms with Gasteiger partial charge in [-0.1, -0.05) is 58.6 Å². The Bertz CT molecular complexity index is 588. The molecule has 0 aliphatic rings. The van der Waals surface area contributed by atoms with Crippen molar-refractivity contribution < 1.29 is 0 Å². The lowest BCUT2D eigenvalue weighted by Crippen LogP contribution is -2.25. The van der Waals surface area contributed by atoms with E-state index in [1.54, 1.807) is 6.07 Å². The molecule has 0 aliphatic heterocycles. The fourth-order valence-electron chi connectivity index (χ4n) is 2.53. The van der Waals surface area contributed by atoms with E-state index in [2.05, 4.69) is 32.0 Å². The van der Waals surface area contributed by atoms with E-state index in [9.17, 15) is 0 Å². The number of rotatable bonds is 4. The van der Waals surface area contributed by atoms with Crippen molar-refractivity contribution in [1.29, 1.82) is 0 Å². The zero-order chi connectivity index (χ0) is 14.7. The van der Waals surface area contributed by atoms with Gasteiger partial charge in [-0.3, -0.25) is 0 Å². The number of hydrogen-bond acceptors (Lipinski definition) is 1. The summed E-state index contributed by atoms with van der Waals surface area (Å²) in [5, 5.41) is 1.34. The number of benzene rings is 2. The lowest BCUT2D eigenvalue weighted by atomic mass is 9.97. The van der Waals surface area contributed by atoms with Crippen LogP contribution in [0.2, 0.25) is 10.0 Å². The summed E-state index contributed by atoms with van der Waals surface area (Å²) in [6.45, 7) is 4.22. The summed E-state index contributed by atoms with van der Waals surface area (Å²) in [6.07, 6.45) is 1.60. The molecule has 0 bridgehead atoms. The van der Waals surface area contributed by atoms with E-state index in [0.29, 0.717) is 10.0 Å². The van der Waals surface area contributed by atoms with Crippen molar-refractivity contribution in [1.82, 2.24) is 0 Å². The highest BCUT2D eigenvalue weighted by atomic mass is 35.5. The quantitative estimate of drug-likeness (QED) is 0.868. The summed E-state index contributed by atoms with van der Waals surface area (Å²) in [4.78, 5) is 0. The summed E-state index contributed by atoms with van der Waals surface area (Å²) in [5.74, 6) is 0. The summed E-state index contributed by atoms with van der Waals surface area (Å²) in [6, 6.07) is 12.2. The minimum atomic E-state index is 0.0508. The highest BCUT2D eigenvalue weighted by Gasteiger charge is 2.09. The second-order valence-electron chi connectivity index (χ2n) is 5.40. The molecule has 2 aromatic carbocycles. The molecule has 2 rings (SSSR count). The van der Waals surface area contributed by atoms with Crippen molar-refractivity contribution >= 4 is 23.2 Å². The van der Waals surface area contributed by atoms with E-state index in [-0.39, 0.29) is 6.04 Å². The lowest BCUT2D eigenvalue weighted by molar-refractivity contribution is 0.664. The average molecular weight is 308 g/mol. The molecule has 0 spiro atoms. The molecule has 20 heavy (non-hydrogen) atoms. The largest absolute Gasteiger partial charge is 0.327 e. The Morgan fingerprint density at radius 3 is 2.20 bits per heavy atom. The molecule has 0 fully saturated rings. The highest BCUT2D eigenvalue weighted by Crippen LogP contribution is 2.22. The number of nitrogens with two attached hydrogens (primary N) is 1. The zero-order valence-electron chi connectivity index (χ0n) is 11.8. The first-order valence-electron chi connectivity index (χ1n) is 6.70. The molecule has 2 N–H and O–H groups in total. The third-order valence-corrected chi connectivity index (χ3v) is 3.86. The van der Waals surface area contributed by atoms with Gasteiger partial charge in [0.1, 0.15) is 0 Å².